The van der Waals surface area contributed by atoms with Crippen molar-refractivity contribution in [2.24, 2.45) is 13.0 Å². The Balaban J connectivity index is 1.95. The van der Waals surface area contributed by atoms with Crippen LogP contribution in [0.3, 0.4) is 0 Å². The number of aliphatic hydroxyl groups excluding tert-OH is 1. The average molecular weight is 291 g/mol. The van der Waals surface area contributed by atoms with Crippen molar-refractivity contribution in [2.45, 2.75) is 45.1 Å². The standard InChI is InChI=1S/C16H25N3O2/c1-12-13(10-17-19(12)2)8-9-16(21)18-15-7-5-3-4-6-14(15)11-20/h8-10,14-15,20H,3-7,11H2,1-2H3,(H,18,21)/b9-8+. The molecule has 1 aromatic rings. The molecule has 2 atom stereocenters. The second kappa shape index (κ2) is 7.41. The maximum Gasteiger partial charge on any atom is 0.244 e. The molecule has 0 radical (unpaired) electrons. The molecular formula is C16H25N3O2. The summed E-state index contributed by atoms with van der Waals surface area (Å²) in [5, 5.41) is 16.7. The summed E-state index contributed by atoms with van der Waals surface area (Å²) in [5.74, 6) is 0.0913. The fraction of sp³-hybridized carbons (Fsp3) is 0.625. The predicted octanol–water partition coefficient (Wildman–Crippen LogP) is 1.80. The van der Waals surface area contributed by atoms with Crippen LogP contribution in [0, 0.1) is 12.8 Å². The lowest BCUT2D eigenvalue weighted by molar-refractivity contribution is -0.117. The van der Waals surface area contributed by atoms with Crippen molar-refractivity contribution in [1.29, 1.82) is 0 Å². The summed E-state index contributed by atoms with van der Waals surface area (Å²) >= 11 is 0. The summed E-state index contributed by atoms with van der Waals surface area (Å²) in [5.41, 5.74) is 1.98. The lowest BCUT2D eigenvalue weighted by Crippen LogP contribution is -2.40. The zero-order valence-electron chi connectivity index (χ0n) is 12.9. The van der Waals surface area contributed by atoms with Crippen LogP contribution in [-0.2, 0) is 11.8 Å². The summed E-state index contributed by atoms with van der Waals surface area (Å²) < 4.78 is 1.78. The number of rotatable bonds is 4. The number of aromatic nitrogens is 2. The Hall–Kier alpha value is -1.62. The van der Waals surface area contributed by atoms with Gasteiger partial charge in [0.15, 0.2) is 0 Å². The zero-order chi connectivity index (χ0) is 15.2. The van der Waals surface area contributed by atoms with Crippen molar-refractivity contribution in [3.8, 4) is 0 Å². The van der Waals surface area contributed by atoms with Crippen LogP contribution in [0.15, 0.2) is 12.3 Å². The lowest BCUT2D eigenvalue weighted by Gasteiger charge is -2.23. The van der Waals surface area contributed by atoms with Crippen molar-refractivity contribution in [1.82, 2.24) is 15.1 Å². The molecule has 0 spiro atoms. The second-order valence-electron chi connectivity index (χ2n) is 5.84. The van der Waals surface area contributed by atoms with Crippen LogP contribution in [0.1, 0.15) is 43.4 Å². The van der Waals surface area contributed by atoms with Crippen molar-refractivity contribution in [3.63, 3.8) is 0 Å². The minimum absolute atomic E-state index is 0.0876. The Labute approximate surface area is 126 Å². The molecule has 0 saturated heterocycles. The smallest absolute Gasteiger partial charge is 0.244 e. The molecule has 2 rings (SSSR count). The molecule has 1 saturated carbocycles. The van der Waals surface area contributed by atoms with E-state index in [9.17, 15) is 9.90 Å². The molecule has 5 nitrogen and oxygen atoms in total. The Morgan fingerprint density at radius 2 is 2.24 bits per heavy atom. The molecule has 116 valence electrons. The van der Waals surface area contributed by atoms with Crippen LogP contribution in [0.2, 0.25) is 0 Å². The first-order valence-electron chi connectivity index (χ1n) is 7.70. The quantitative estimate of drug-likeness (QED) is 0.656. The molecule has 1 aromatic heterocycles. The third-order valence-electron chi connectivity index (χ3n) is 4.41. The molecule has 1 amide bonds. The van der Waals surface area contributed by atoms with Gasteiger partial charge in [0.05, 0.1) is 6.20 Å². The number of nitrogens with one attached hydrogen (secondary N) is 1. The molecule has 0 aliphatic heterocycles. The Morgan fingerprint density at radius 1 is 1.48 bits per heavy atom. The highest BCUT2D eigenvalue weighted by Crippen LogP contribution is 2.23. The van der Waals surface area contributed by atoms with E-state index in [-0.39, 0.29) is 24.5 Å². The molecule has 2 N–H and O–H groups in total. The number of aryl methyl sites for hydroxylation is 1. The normalized spacial score (nSPS) is 23.2. The molecule has 0 bridgehead atoms. The number of aliphatic hydroxyl groups is 1. The first-order chi connectivity index (χ1) is 10.1. The van der Waals surface area contributed by atoms with Crippen LogP contribution in [0.4, 0.5) is 0 Å². The van der Waals surface area contributed by atoms with Crippen molar-refractivity contribution >= 4 is 12.0 Å². The summed E-state index contributed by atoms with van der Waals surface area (Å²) in [4.78, 5) is 12.1. The van der Waals surface area contributed by atoms with Gasteiger partial charge in [-0.2, -0.15) is 5.10 Å². The highest BCUT2D eigenvalue weighted by atomic mass is 16.3. The van der Waals surface area contributed by atoms with Crippen LogP contribution in [0.25, 0.3) is 6.08 Å². The predicted molar refractivity (Wildman–Crippen MR) is 82.6 cm³/mol. The van der Waals surface area contributed by atoms with Gasteiger partial charge in [-0.15, -0.1) is 0 Å². The number of carbonyl (C=O) groups is 1. The van der Waals surface area contributed by atoms with Gasteiger partial charge in [0.2, 0.25) is 5.91 Å². The van der Waals surface area contributed by atoms with Crippen molar-refractivity contribution in [3.05, 3.63) is 23.5 Å². The van der Waals surface area contributed by atoms with Gasteiger partial charge in [0, 0.05) is 42.9 Å². The monoisotopic (exact) mass is 291 g/mol. The molecule has 1 heterocycles. The molecule has 21 heavy (non-hydrogen) atoms. The number of hydrogen-bond acceptors (Lipinski definition) is 3. The van der Waals surface area contributed by atoms with E-state index >= 15 is 0 Å². The van der Waals surface area contributed by atoms with E-state index in [1.54, 1.807) is 23.0 Å². The summed E-state index contributed by atoms with van der Waals surface area (Å²) in [6, 6.07) is 0.0876. The third-order valence-corrected chi connectivity index (χ3v) is 4.41. The van der Waals surface area contributed by atoms with Gasteiger partial charge < -0.3 is 10.4 Å². The van der Waals surface area contributed by atoms with Gasteiger partial charge in [-0.3, -0.25) is 9.48 Å². The summed E-state index contributed by atoms with van der Waals surface area (Å²) in [7, 11) is 1.88. The van der Waals surface area contributed by atoms with Gasteiger partial charge in [-0.05, 0) is 25.8 Å². The molecule has 1 aliphatic carbocycles. The highest BCUT2D eigenvalue weighted by molar-refractivity contribution is 5.92. The molecular weight excluding hydrogens is 266 g/mol. The third kappa shape index (κ3) is 4.17. The van der Waals surface area contributed by atoms with Crippen LogP contribution in [0.5, 0.6) is 0 Å². The van der Waals surface area contributed by atoms with Gasteiger partial charge in [-0.25, -0.2) is 0 Å². The fourth-order valence-electron chi connectivity index (χ4n) is 2.87. The largest absolute Gasteiger partial charge is 0.396 e. The highest BCUT2D eigenvalue weighted by Gasteiger charge is 2.23. The average Bonchev–Trinajstić information content (AvgIpc) is 2.68. The number of nitrogens with zero attached hydrogens (tertiary/aromatic N) is 2. The van der Waals surface area contributed by atoms with E-state index in [2.05, 4.69) is 10.4 Å². The van der Waals surface area contributed by atoms with E-state index in [0.29, 0.717) is 0 Å². The van der Waals surface area contributed by atoms with E-state index in [1.807, 2.05) is 14.0 Å². The topological polar surface area (TPSA) is 67.2 Å². The second-order valence-corrected chi connectivity index (χ2v) is 5.84. The number of hydrogen-bond donors (Lipinski definition) is 2. The van der Waals surface area contributed by atoms with Gasteiger partial charge in [0.1, 0.15) is 0 Å². The van der Waals surface area contributed by atoms with Crippen LogP contribution in [-0.4, -0.2) is 33.4 Å². The fourth-order valence-corrected chi connectivity index (χ4v) is 2.87. The maximum atomic E-state index is 12.1. The SMILES string of the molecule is Cc1c(/C=C/C(=O)NC2CCCCCC2CO)cnn1C. The molecule has 0 aromatic carbocycles. The first kappa shape index (κ1) is 15.8. The number of amides is 1. The van der Waals surface area contributed by atoms with E-state index < -0.39 is 0 Å². The van der Waals surface area contributed by atoms with Crippen molar-refractivity contribution < 1.29 is 9.90 Å². The Bertz CT molecular complexity index is 508. The summed E-state index contributed by atoms with van der Waals surface area (Å²) in [6.07, 6.45) is 10.5. The molecule has 5 heteroatoms. The molecule has 2 unspecified atom stereocenters. The van der Waals surface area contributed by atoms with Crippen molar-refractivity contribution in [2.75, 3.05) is 6.61 Å². The maximum absolute atomic E-state index is 12.1. The van der Waals surface area contributed by atoms with E-state index in [4.69, 9.17) is 0 Å². The minimum atomic E-state index is -0.0939. The zero-order valence-corrected chi connectivity index (χ0v) is 12.9. The van der Waals surface area contributed by atoms with E-state index in [0.717, 1.165) is 36.9 Å². The van der Waals surface area contributed by atoms with Crippen LogP contribution >= 0.6 is 0 Å². The van der Waals surface area contributed by atoms with E-state index in [1.165, 1.54) is 6.42 Å². The lowest BCUT2D eigenvalue weighted by atomic mass is 9.95. The van der Waals surface area contributed by atoms with Gasteiger partial charge in [-0.1, -0.05) is 19.3 Å². The summed E-state index contributed by atoms with van der Waals surface area (Å²) in [6.45, 7) is 2.12. The Kier molecular flexibility index (Phi) is 5.56. The minimum Gasteiger partial charge on any atom is -0.396 e. The molecule has 1 fully saturated rings. The number of carbonyl (C=O) groups excluding carboxylic acids is 1. The van der Waals surface area contributed by atoms with Gasteiger partial charge in [0.25, 0.3) is 0 Å². The Morgan fingerprint density at radius 3 is 2.90 bits per heavy atom. The first-order valence-corrected chi connectivity index (χ1v) is 7.70. The van der Waals surface area contributed by atoms with Gasteiger partial charge >= 0.3 is 0 Å². The molecule has 1 aliphatic rings. The van der Waals surface area contributed by atoms with Crippen LogP contribution < -0.4 is 5.32 Å².